The molecule has 0 radical (unpaired) electrons. The fraction of sp³-hybridized carbons (Fsp3) is 0.333. The Labute approximate surface area is 121 Å². The van der Waals surface area contributed by atoms with Gasteiger partial charge in [-0.2, -0.15) is 0 Å². The van der Waals surface area contributed by atoms with Crippen LogP contribution in [0.15, 0.2) is 39.2 Å². The van der Waals surface area contributed by atoms with Crippen molar-refractivity contribution in [3.8, 4) is 11.3 Å². The van der Waals surface area contributed by atoms with E-state index < -0.39 is 0 Å². The first kappa shape index (κ1) is 14.3. The summed E-state index contributed by atoms with van der Waals surface area (Å²) in [6.07, 6.45) is 0.798. The SMILES string of the molecule is CCNC(C)Cc1ccc(-c2ccc(Br)cc2F)o1. The maximum atomic E-state index is 13.8. The van der Waals surface area contributed by atoms with Gasteiger partial charge in [-0.15, -0.1) is 0 Å². The first-order chi connectivity index (χ1) is 9.10. The molecule has 1 aromatic heterocycles. The minimum absolute atomic E-state index is 0.282. The summed E-state index contributed by atoms with van der Waals surface area (Å²) in [5.41, 5.74) is 0.491. The van der Waals surface area contributed by atoms with Crippen molar-refractivity contribution in [1.82, 2.24) is 5.32 Å². The van der Waals surface area contributed by atoms with Crippen LogP contribution in [-0.2, 0) is 6.42 Å². The molecule has 0 aliphatic heterocycles. The molecular formula is C15H17BrFNO. The lowest BCUT2D eigenvalue weighted by Gasteiger charge is -2.09. The van der Waals surface area contributed by atoms with Crippen LogP contribution in [0.5, 0.6) is 0 Å². The molecule has 0 saturated carbocycles. The number of hydrogen-bond acceptors (Lipinski definition) is 2. The predicted octanol–water partition coefficient (Wildman–Crippen LogP) is 4.39. The van der Waals surface area contributed by atoms with E-state index in [0.29, 0.717) is 17.4 Å². The predicted molar refractivity (Wildman–Crippen MR) is 78.6 cm³/mol. The third kappa shape index (κ3) is 3.67. The molecule has 1 aromatic carbocycles. The third-order valence-corrected chi connectivity index (χ3v) is 3.41. The van der Waals surface area contributed by atoms with Gasteiger partial charge < -0.3 is 9.73 Å². The zero-order valence-corrected chi connectivity index (χ0v) is 12.6. The van der Waals surface area contributed by atoms with Gasteiger partial charge in [0.25, 0.3) is 0 Å². The standard InChI is InChI=1S/C15H17BrFNO/c1-3-18-10(2)8-12-5-7-15(19-12)13-6-4-11(16)9-14(13)17/h4-7,9-10,18H,3,8H2,1-2H3. The summed E-state index contributed by atoms with van der Waals surface area (Å²) in [4.78, 5) is 0. The minimum atomic E-state index is -0.282. The molecule has 0 aliphatic carbocycles. The molecule has 1 heterocycles. The first-order valence-corrected chi connectivity index (χ1v) is 7.17. The van der Waals surface area contributed by atoms with E-state index in [-0.39, 0.29) is 5.82 Å². The maximum absolute atomic E-state index is 13.8. The average molecular weight is 326 g/mol. The van der Waals surface area contributed by atoms with Crippen LogP contribution >= 0.6 is 15.9 Å². The van der Waals surface area contributed by atoms with Gasteiger partial charge in [-0.3, -0.25) is 0 Å². The minimum Gasteiger partial charge on any atom is -0.461 e. The second kappa shape index (κ2) is 6.35. The molecule has 19 heavy (non-hydrogen) atoms. The van der Waals surface area contributed by atoms with Crippen molar-refractivity contribution in [2.45, 2.75) is 26.3 Å². The van der Waals surface area contributed by atoms with Crippen molar-refractivity contribution in [2.24, 2.45) is 0 Å². The van der Waals surface area contributed by atoms with Crippen molar-refractivity contribution >= 4 is 15.9 Å². The van der Waals surface area contributed by atoms with Gasteiger partial charge in [-0.1, -0.05) is 22.9 Å². The molecule has 2 aromatic rings. The molecule has 0 fully saturated rings. The smallest absolute Gasteiger partial charge is 0.137 e. The molecule has 2 rings (SSSR count). The zero-order chi connectivity index (χ0) is 13.8. The highest BCUT2D eigenvalue weighted by Crippen LogP contribution is 2.27. The summed E-state index contributed by atoms with van der Waals surface area (Å²) in [5, 5.41) is 3.32. The van der Waals surface area contributed by atoms with Gasteiger partial charge in [0.2, 0.25) is 0 Å². The van der Waals surface area contributed by atoms with Gasteiger partial charge in [0.1, 0.15) is 17.3 Å². The van der Waals surface area contributed by atoms with Crippen LogP contribution in [0, 0.1) is 5.82 Å². The molecule has 1 atom stereocenters. The highest BCUT2D eigenvalue weighted by Gasteiger charge is 2.11. The Kier molecular flexibility index (Phi) is 4.77. The van der Waals surface area contributed by atoms with Gasteiger partial charge in [0, 0.05) is 16.9 Å². The number of benzene rings is 1. The van der Waals surface area contributed by atoms with Crippen molar-refractivity contribution in [3.63, 3.8) is 0 Å². The molecule has 4 heteroatoms. The van der Waals surface area contributed by atoms with Gasteiger partial charge in [0.05, 0.1) is 5.56 Å². The Morgan fingerprint density at radius 3 is 2.79 bits per heavy atom. The lowest BCUT2D eigenvalue weighted by Crippen LogP contribution is -2.27. The van der Waals surface area contributed by atoms with E-state index in [9.17, 15) is 4.39 Å². The van der Waals surface area contributed by atoms with E-state index in [2.05, 4.69) is 35.1 Å². The van der Waals surface area contributed by atoms with E-state index in [1.165, 1.54) is 6.07 Å². The highest BCUT2D eigenvalue weighted by atomic mass is 79.9. The lowest BCUT2D eigenvalue weighted by atomic mass is 10.1. The normalized spacial score (nSPS) is 12.6. The van der Waals surface area contributed by atoms with Crippen molar-refractivity contribution in [2.75, 3.05) is 6.54 Å². The molecule has 102 valence electrons. The highest BCUT2D eigenvalue weighted by molar-refractivity contribution is 9.10. The molecule has 2 nitrogen and oxygen atoms in total. The third-order valence-electron chi connectivity index (χ3n) is 2.92. The van der Waals surface area contributed by atoms with Crippen molar-refractivity contribution in [3.05, 3.63) is 46.4 Å². The number of rotatable bonds is 5. The fourth-order valence-electron chi connectivity index (χ4n) is 2.04. The summed E-state index contributed by atoms with van der Waals surface area (Å²) in [5.74, 6) is 1.16. The molecule has 0 aliphatic rings. The lowest BCUT2D eigenvalue weighted by molar-refractivity contribution is 0.468. The molecule has 0 amide bonds. The van der Waals surface area contributed by atoms with Crippen LogP contribution in [0.3, 0.4) is 0 Å². The Bertz CT molecular complexity index is 553. The molecule has 1 N–H and O–H groups in total. The Balaban J connectivity index is 2.16. The van der Waals surface area contributed by atoms with Crippen LogP contribution in [0.4, 0.5) is 4.39 Å². The fourth-order valence-corrected chi connectivity index (χ4v) is 2.38. The molecule has 0 spiro atoms. The van der Waals surface area contributed by atoms with Gasteiger partial charge in [-0.05, 0) is 43.8 Å². The average Bonchev–Trinajstić information content (AvgIpc) is 2.77. The number of furan rings is 1. The second-order valence-electron chi connectivity index (χ2n) is 4.55. The monoisotopic (exact) mass is 325 g/mol. The Morgan fingerprint density at radius 2 is 2.11 bits per heavy atom. The summed E-state index contributed by atoms with van der Waals surface area (Å²) in [6.45, 7) is 5.10. The maximum Gasteiger partial charge on any atom is 0.137 e. The van der Waals surface area contributed by atoms with Crippen LogP contribution in [0.25, 0.3) is 11.3 Å². The van der Waals surface area contributed by atoms with E-state index in [1.807, 2.05) is 18.2 Å². The Hall–Kier alpha value is -1.13. The van der Waals surface area contributed by atoms with Crippen LogP contribution in [0.2, 0.25) is 0 Å². The second-order valence-corrected chi connectivity index (χ2v) is 5.47. The van der Waals surface area contributed by atoms with Crippen LogP contribution in [0.1, 0.15) is 19.6 Å². The molecule has 1 unspecified atom stereocenters. The van der Waals surface area contributed by atoms with E-state index in [4.69, 9.17) is 4.42 Å². The summed E-state index contributed by atoms with van der Waals surface area (Å²) in [7, 11) is 0. The largest absolute Gasteiger partial charge is 0.461 e. The summed E-state index contributed by atoms with van der Waals surface area (Å²) in [6, 6.07) is 9.04. The summed E-state index contributed by atoms with van der Waals surface area (Å²) < 4.78 is 20.3. The van der Waals surface area contributed by atoms with Crippen molar-refractivity contribution < 1.29 is 8.81 Å². The molecule has 0 bridgehead atoms. The van der Waals surface area contributed by atoms with Crippen LogP contribution in [-0.4, -0.2) is 12.6 Å². The van der Waals surface area contributed by atoms with Gasteiger partial charge >= 0.3 is 0 Å². The Morgan fingerprint density at radius 1 is 1.32 bits per heavy atom. The van der Waals surface area contributed by atoms with E-state index >= 15 is 0 Å². The summed E-state index contributed by atoms with van der Waals surface area (Å²) >= 11 is 3.25. The first-order valence-electron chi connectivity index (χ1n) is 6.37. The number of likely N-dealkylation sites (N-methyl/N-ethyl adjacent to an activating group) is 1. The van der Waals surface area contributed by atoms with Crippen molar-refractivity contribution in [1.29, 1.82) is 0 Å². The van der Waals surface area contributed by atoms with Gasteiger partial charge in [-0.25, -0.2) is 4.39 Å². The number of nitrogens with one attached hydrogen (secondary N) is 1. The molecule has 0 saturated heterocycles. The quantitative estimate of drug-likeness (QED) is 0.882. The van der Waals surface area contributed by atoms with Gasteiger partial charge in [0.15, 0.2) is 0 Å². The van der Waals surface area contributed by atoms with E-state index in [0.717, 1.165) is 23.2 Å². The topological polar surface area (TPSA) is 25.2 Å². The molecular weight excluding hydrogens is 309 g/mol. The number of halogens is 2. The number of hydrogen-bond donors (Lipinski definition) is 1. The van der Waals surface area contributed by atoms with E-state index in [1.54, 1.807) is 6.07 Å². The van der Waals surface area contributed by atoms with Crippen LogP contribution < -0.4 is 5.32 Å². The zero-order valence-electron chi connectivity index (χ0n) is 11.0.